The molecule has 1 unspecified atom stereocenters. The molecule has 1 fully saturated rings. The van der Waals surface area contributed by atoms with E-state index in [0.717, 1.165) is 13.0 Å². The Kier molecular flexibility index (Phi) is 5.36. The molecule has 1 saturated heterocycles. The Hall–Kier alpha value is -0.970. The first-order valence-electron chi connectivity index (χ1n) is 7.06. The summed E-state index contributed by atoms with van der Waals surface area (Å²) in [4.78, 5) is 13.6. The number of carbonyl (C=O) groups is 1. The molecule has 6 heteroatoms. The van der Waals surface area contributed by atoms with Gasteiger partial charge in [0.2, 0.25) is 0 Å². The van der Waals surface area contributed by atoms with E-state index in [-0.39, 0.29) is 0 Å². The van der Waals surface area contributed by atoms with E-state index in [4.69, 9.17) is 27.9 Å². The number of ether oxygens (including phenoxy) is 1. The second-order valence-corrected chi connectivity index (χ2v) is 5.99. The van der Waals surface area contributed by atoms with Gasteiger partial charge in [-0.15, -0.1) is 0 Å². The number of halogens is 2. The van der Waals surface area contributed by atoms with Crippen LogP contribution >= 0.6 is 23.2 Å². The number of benzene rings is 1. The second kappa shape index (κ2) is 6.86. The van der Waals surface area contributed by atoms with Crippen molar-refractivity contribution >= 4 is 29.2 Å². The number of carboxylic acids is 1. The Morgan fingerprint density at radius 2 is 2.10 bits per heavy atom. The molecule has 21 heavy (non-hydrogen) atoms. The van der Waals surface area contributed by atoms with Crippen molar-refractivity contribution < 1.29 is 14.6 Å². The van der Waals surface area contributed by atoms with Crippen molar-refractivity contribution in [1.29, 1.82) is 0 Å². The summed E-state index contributed by atoms with van der Waals surface area (Å²) in [5.74, 6) is -0.296. The fourth-order valence-electron chi connectivity index (χ4n) is 2.93. The number of hydrogen-bond acceptors (Lipinski definition) is 3. The summed E-state index contributed by atoms with van der Waals surface area (Å²) in [6.45, 7) is 3.60. The van der Waals surface area contributed by atoms with Gasteiger partial charge in [-0.05, 0) is 37.9 Å². The Labute approximate surface area is 134 Å². The molecule has 0 amide bonds. The van der Waals surface area contributed by atoms with E-state index in [0.29, 0.717) is 41.8 Å². The second-order valence-electron chi connectivity index (χ2n) is 5.18. The lowest BCUT2D eigenvalue weighted by atomic mass is 9.93. The zero-order valence-corrected chi connectivity index (χ0v) is 13.5. The van der Waals surface area contributed by atoms with Crippen LogP contribution in [0.1, 0.15) is 26.2 Å². The van der Waals surface area contributed by atoms with Crippen LogP contribution < -0.4 is 4.74 Å². The first-order chi connectivity index (χ1) is 10.0. The van der Waals surface area contributed by atoms with Crippen LogP contribution in [0.5, 0.6) is 5.75 Å². The molecule has 0 radical (unpaired) electrons. The van der Waals surface area contributed by atoms with Gasteiger partial charge in [0.15, 0.2) is 5.75 Å². The van der Waals surface area contributed by atoms with Crippen LogP contribution in [-0.4, -0.2) is 41.2 Å². The first kappa shape index (κ1) is 16.4. The van der Waals surface area contributed by atoms with Gasteiger partial charge in [-0.2, -0.15) is 0 Å². The van der Waals surface area contributed by atoms with Crippen molar-refractivity contribution in [2.45, 2.75) is 31.7 Å². The third kappa shape index (κ3) is 3.28. The Balaban J connectivity index is 1.98. The zero-order valence-electron chi connectivity index (χ0n) is 11.9. The third-order valence-corrected chi connectivity index (χ3v) is 4.73. The summed E-state index contributed by atoms with van der Waals surface area (Å²) in [6.07, 6.45) is 2.17. The van der Waals surface area contributed by atoms with Crippen molar-refractivity contribution in [3.8, 4) is 5.75 Å². The molecule has 1 N–H and O–H groups in total. The number of para-hydroxylation sites is 1. The topological polar surface area (TPSA) is 49.8 Å². The smallest absolute Gasteiger partial charge is 0.324 e. The molecule has 1 heterocycles. The van der Waals surface area contributed by atoms with Gasteiger partial charge < -0.3 is 9.84 Å². The highest BCUT2D eigenvalue weighted by Crippen LogP contribution is 2.34. The van der Waals surface area contributed by atoms with E-state index >= 15 is 0 Å². The van der Waals surface area contributed by atoms with E-state index in [1.54, 1.807) is 18.2 Å². The van der Waals surface area contributed by atoms with Crippen molar-refractivity contribution in [1.82, 2.24) is 4.90 Å². The van der Waals surface area contributed by atoms with Crippen LogP contribution in [-0.2, 0) is 4.79 Å². The minimum absolute atomic E-state index is 0.360. The highest BCUT2D eigenvalue weighted by Gasteiger charge is 2.45. The monoisotopic (exact) mass is 331 g/mol. The largest absolute Gasteiger partial charge is 0.489 e. The van der Waals surface area contributed by atoms with Crippen LogP contribution in [0.2, 0.25) is 10.0 Å². The van der Waals surface area contributed by atoms with Gasteiger partial charge in [-0.3, -0.25) is 9.69 Å². The minimum Gasteiger partial charge on any atom is -0.489 e. The van der Waals surface area contributed by atoms with Gasteiger partial charge in [-0.25, -0.2) is 0 Å². The summed E-state index contributed by atoms with van der Waals surface area (Å²) in [5.41, 5.74) is -0.756. The van der Waals surface area contributed by atoms with Crippen LogP contribution in [0.4, 0.5) is 0 Å². The fraction of sp³-hybridized carbons (Fsp3) is 0.533. The first-order valence-corrected chi connectivity index (χ1v) is 7.82. The summed E-state index contributed by atoms with van der Waals surface area (Å²) in [5, 5.41) is 10.4. The summed E-state index contributed by atoms with van der Waals surface area (Å²) >= 11 is 12.1. The van der Waals surface area contributed by atoms with E-state index in [1.807, 2.05) is 11.8 Å². The molecule has 4 nitrogen and oxygen atoms in total. The maximum absolute atomic E-state index is 11.6. The molecule has 1 aromatic carbocycles. The SMILES string of the molecule is CCC1(C(=O)O)CCCN1CCOc1c(Cl)cccc1Cl. The summed E-state index contributed by atoms with van der Waals surface area (Å²) in [7, 11) is 0. The molecular formula is C15H19Cl2NO3. The van der Waals surface area contributed by atoms with Gasteiger partial charge in [0, 0.05) is 6.54 Å². The number of hydrogen-bond donors (Lipinski definition) is 1. The lowest BCUT2D eigenvalue weighted by Crippen LogP contribution is -2.51. The maximum atomic E-state index is 11.6. The van der Waals surface area contributed by atoms with Crippen molar-refractivity contribution in [3.05, 3.63) is 28.2 Å². The van der Waals surface area contributed by atoms with Gasteiger partial charge in [0.05, 0.1) is 10.0 Å². The Morgan fingerprint density at radius 3 is 2.67 bits per heavy atom. The number of likely N-dealkylation sites (tertiary alicyclic amines) is 1. The summed E-state index contributed by atoms with van der Waals surface area (Å²) in [6, 6.07) is 5.18. The van der Waals surface area contributed by atoms with E-state index in [1.165, 1.54) is 0 Å². The van der Waals surface area contributed by atoms with Crippen LogP contribution in [0, 0.1) is 0 Å². The fourth-order valence-corrected chi connectivity index (χ4v) is 3.44. The van der Waals surface area contributed by atoms with Gasteiger partial charge >= 0.3 is 5.97 Å². The molecule has 0 aromatic heterocycles. The third-order valence-electron chi connectivity index (χ3n) is 4.13. The Bertz CT molecular complexity index is 503. The predicted molar refractivity (Wildman–Crippen MR) is 83.4 cm³/mol. The Morgan fingerprint density at radius 1 is 1.43 bits per heavy atom. The van der Waals surface area contributed by atoms with Crippen LogP contribution in [0.25, 0.3) is 0 Å². The predicted octanol–water partition coefficient (Wildman–Crippen LogP) is 3.70. The summed E-state index contributed by atoms with van der Waals surface area (Å²) < 4.78 is 5.65. The van der Waals surface area contributed by atoms with Crippen LogP contribution in [0.3, 0.4) is 0 Å². The molecule has 1 atom stereocenters. The highest BCUT2D eigenvalue weighted by atomic mass is 35.5. The standard InChI is InChI=1S/C15H19Cl2NO3/c1-2-15(14(19)20)7-4-8-18(15)9-10-21-13-11(16)5-3-6-12(13)17/h3,5-6H,2,4,7-10H2,1H3,(H,19,20). The van der Waals surface area contributed by atoms with Crippen molar-refractivity contribution in [3.63, 3.8) is 0 Å². The molecule has 1 aliphatic heterocycles. The average Bonchev–Trinajstić information content (AvgIpc) is 2.86. The average molecular weight is 332 g/mol. The molecule has 116 valence electrons. The number of aliphatic carboxylic acids is 1. The van der Waals surface area contributed by atoms with Crippen molar-refractivity contribution in [2.75, 3.05) is 19.7 Å². The number of rotatable bonds is 6. The lowest BCUT2D eigenvalue weighted by Gasteiger charge is -2.33. The van der Waals surface area contributed by atoms with E-state index in [2.05, 4.69) is 0 Å². The molecule has 0 saturated carbocycles. The molecule has 0 bridgehead atoms. The molecule has 2 rings (SSSR count). The van der Waals surface area contributed by atoms with E-state index in [9.17, 15) is 9.90 Å². The lowest BCUT2D eigenvalue weighted by molar-refractivity contribution is -0.150. The molecule has 1 aromatic rings. The molecular weight excluding hydrogens is 313 g/mol. The number of carboxylic acid groups (broad SMARTS) is 1. The van der Waals surface area contributed by atoms with Crippen LogP contribution in [0.15, 0.2) is 18.2 Å². The van der Waals surface area contributed by atoms with Gasteiger partial charge in [0.1, 0.15) is 12.1 Å². The van der Waals surface area contributed by atoms with Gasteiger partial charge in [0.25, 0.3) is 0 Å². The maximum Gasteiger partial charge on any atom is 0.324 e. The molecule has 0 aliphatic carbocycles. The molecule has 0 spiro atoms. The normalized spacial score (nSPS) is 22.4. The van der Waals surface area contributed by atoms with E-state index < -0.39 is 11.5 Å². The quantitative estimate of drug-likeness (QED) is 0.863. The minimum atomic E-state index is -0.756. The number of nitrogens with zero attached hydrogens (tertiary/aromatic N) is 1. The van der Waals surface area contributed by atoms with Gasteiger partial charge in [-0.1, -0.05) is 36.2 Å². The zero-order chi connectivity index (χ0) is 15.5. The molecule has 1 aliphatic rings. The highest BCUT2D eigenvalue weighted by molar-refractivity contribution is 6.37. The van der Waals surface area contributed by atoms with Crippen molar-refractivity contribution in [2.24, 2.45) is 0 Å².